The first-order valence-electron chi connectivity index (χ1n) is 5.58. The molecule has 1 aliphatic rings. The highest BCUT2D eigenvalue weighted by Crippen LogP contribution is 2.29. The molecule has 0 aliphatic carbocycles. The van der Waals surface area contributed by atoms with Crippen molar-refractivity contribution in [2.24, 2.45) is 0 Å². The lowest BCUT2D eigenvalue weighted by Crippen LogP contribution is -2.35. The third kappa shape index (κ3) is 1.83. The van der Waals surface area contributed by atoms with E-state index in [1.807, 2.05) is 25.1 Å². The molecule has 1 aromatic carbocycles. The minimum atomic E-state index is 0.243. The number of nitrogens with zero attached hydrogens (tertiary/aromatic N) is 2. The van der Waals surface area contributed by atoms with E-state index >= 15 is 0 Å². The van der Waals surface area contributed by atoms with E-state index in [4.69, 9.17) is 16.1 Å². The van der Waals surface area contributed by atoms with Crippen molar-refractivity contribution in [2.75, 3.05) is 6.54 Å². The van der Waals surface area contributed by atoms with Crippen molar-refractivity contribution in [1.82, 2.24) is 15.5 Å². The average molecular weight is 250 g/mol. The van der Waals surface area contributed by atoms with E-state index in [0.717, 1.165) is 29.9 Å². The van der Waals surface area contributed by atoms with Gasteiger partial charge in [-0.25, -0.2) is 0 Å². The molecule has 0 radical (unpaired) electrons. The maximum atomic E-state index is 6.07. The predicted octanol–water partition coefficient (Wildman–Crippen LogP) is 2.73. The van der Waals surface area contributed by atoms with Gasteiger partial charge in [-0.15, -0.1) is 0 Å². The lowest BCUT2D eigenvalue weighted by molar-refractivity contribution is 0.342. The van der Waals surface area contributed by atoms with Crippen LogP contribution in [0.1, 0.15) is 23.9 Å². The maximum Gasteiger partial charge on any atom is 0.258 e. The van der Waals surface area contributed by atoms with Crippen LogP contribution < -0.4 is 5.32 Å². The van der Waals surface area contributed by atoms with Crippen LogP contribution >= 0.6 is 11.6 Å². The van der Waals surface area contributed by atoms with Crippen LogP contribution in [-0.4, -0.2) is 16.7 Å². The molecule has 5 heteroatoms. The van der Waals surface area contributed by atoms with Gasteiger partial charge in [-0.2, -0.15) is 4.98 Å². The third-order valence-electron chi connectivity index (χ3n) is 3.08. The summed E-state index contributed by atoms with van der Waals surface area (Å²) in [4.78, 5) is 4.41. The number of nitrogens with one attached hydrogen (secondary N) is 1. The Kier molecular flexibility index (Phi) is 2.61. The van der Waals surface area contributed by atoms with Crippen molar-refractivity contribution in [2.45, 2.75) is 19.4 Å². The Morgan fingerprint density at radius 1 is 1.47 bits per heavy atom. The van der Waals surface area contributed by atoms with Gasteiger partial charge in [0.1, 0.15) is 0 Å². The van der Waals surface area contributed by atoms with Crippen molar-refractivity contribution in [3.8, 4) is 11.5 Å². The molecule has 1 aromatic heterocycles. The summed E-state index contributed by atoms with van der Waals surface area (Å²) in [5, 5.41) is 7.95. The van der Waals surface area contributed by atoms with Gasteiger partial charge in [0.05, 0.1) is 6.04 Å². The van der Waals surface area contributed by atoms with Gasteiger partial charge >= 0.3 is 0 Å². The zero-order valence-corrected chi connectivity index (χ0v) is 10.2. The summed E-state index contributed by atoms with van der Waals surface area (Å²) < 4.78 is 5.28. The van der Waals surface area contributed by atoms with Gasteiger partial charge in [0, 0.05) is 10.6 Å². The van der Waals surface area contributed by atoms with Crippen LogP contribution in [0.2, 0.25) is 5.02 Å². The summed E-state index contributed by atoms with van der Waals surface area (Å²) in [6.07, 6.45) is 1.06. The molecule has 1 fully saturated rings. The normalized spacial score (nSPS) is 19.1. The number of halogens is 1. The van der Waals surface area contributed by atoms with Crippen LogP contribution in [0.25, 0.3) is 11.5 Å². The van der Waals surface area contributed by atoms with Gasteiger partial charge in [-0.1, -0.05) is 22.8 Å². The molecule has 1 aliphatic heterocycles. The van der Waals surface area contributed by atoms with Crippen molar-refractivity contribution in [3.05, 3.63) is 34.6 Å². The van der Waals surface area contributed by atoms with Crippen molar-refractivity contribution < 1.29 is 4.52 Å². The fourth-order valence-corrected chi connectivity index (χ4v) is 2.01. The van der Waals surface area contributed by atoms with Crippen molar-refractivity contribution >= 4 is 11.6 Å². The minimum absolute atomic E-state index is 0.243. The predicted molar refractivity (Wildman–Crippen MR) is 64.8 cm³/mol. The first kappa shape index (κ1) is 10.7. The summed E-state index contributed by atoms with van der Waals surface area (Å²) in [5.74, 6) is 1.26. The Morgan fingerprint density at radius 3 is 3.00 bits per heavy atom. The molecule has 0 bridgehead atoms. The lowest BCUT2D eigenvalue weighted by atomic mass is 10.1. The molecular formula is C12H12ClN3O. The highest BCUT2D eigenvalue weighted by Gasteiger charge is 2.24. The number of benzene rings is 1. The average Bonchev–Trinajstić information content (AvgIpc) is 2.68. The Hall–Kier alpha value is -1.39. The van der Waals surface area contributed by atoms with Crippen LogP contribution in [-0.2, 0) is 0 Å². The number of aromatic nitrogens is 2. The second kappa shape index (κ2) is 4.13. The van der Waals surface area contributed by atoms with E-state index in [1.54, 1.807) is 0 Å². The monoisotopic (exact) mass is 249 g/mol. The van der Waals surface area contributed by atoms with E-state index in [1.165, 1.54) is 0 Å². The van der Waals surface area contributed by atoms with E-state index in [-0.39, 0.29) is 6.04 Å². The van der Waals surface area contributed by atoms with Crippen molar-refractivity contribution in [3.63, 3.8) is 0 Å². The van der Waals surface area contributed by atoms with Gasteiger partial charge in [-0.3, -0.25) is 0 Å². The number of hydrogen-bond acceptors (Lipinski definition) is 4. The van der Waals surface area contributed by atoms with Crippen LogP contribution in [0.5, 0.6) is 0 Å². The molecule has 88 valence electrons. The van der Waals surface area contributed by atoms with E-state index in [9.17, 15) is 0 Å². The highest BCUT2D eigenvalue weighted by atomic mass is 35.5. The van der Waals surface area contributed by atoms with Crippen LogP contribution in [0.15, 0.2) is 22.7 Å². The Balaban J connectivity index is 1.97. The molecule has 2 aromatic rings. The summed E-state index contributed by atoms with van der Waals surface area (Å²) in [6, 6.07) is 5.92. The quantitative estimate of drug-likeness (QED) is 0.889. The molecular weight excluding hydrogens is 238 g/mol. The lowest BCUT2D eigenvalue weighted by Gasteiger charge is -2.23. The fraction of sp³-hybridized carbons (Fsp3) is 0.333. The molecule has 3 rings (SSSR count). The second-order valence-electron chi connectivity index (χ2n) is 4.17. The fourth-order valence-electron chi connectivity index (χ4n) is 1.83. The largest absolute Gasteiger partial charge is 0.334 e. The van der Waals surface area contributed by atoms with Gasteiger partial charge < -0.3 is 9.84 Å². The smallest absolute Gasteiger partial charge is 0.258 e. The standard InChI is InChI=1S/C12H12ClN3O/c1-7-8(3-2-4-9(7)13)12-15-11(16-17-12)10-5-6-14-10/h2-4,10,14H,5-6H2,1H3. The first-order chi connectivity index (χ1) is 8.25. The summed E-state index contributed by atoms with van der Waals surface area (Å²) in [6.45, 7) is 2.97. The molecule has 4 nitrogen and oxygen atoms in total. The van der Waals surface area contributed by atoms with Crippen LogP contribution in [0.4, 0.5) is 0 Å². The number of hydrogen-bond donors (Lipinski definition) is 1. The summed E-state index contributed by atoms with van der Waals surface area (Å²) in [7, 11) is 0. The SMILES string of the molecule is Cc1c(Cl)cccc1-c1nc(C2CCN2)no1. The van der Waals surface area contributed by atoms with Gasteiger partial charge in [-0.05, 0) is 37.6 Å². The summed E-state index contributed by atoms with van der Waals surface area (Å²) in [5.41, 5.74) is 1.86. The zero-order chi connectivity index (χ0) is 11.8. The molecule has 17 heavy (non-hydrogen) atoms. The Morgan fingerprint density at radius 2 is 2.29 bits per heavy atom. The van der Waals surface area contributed by atoms with Crippen LogP contribution in [0.3, 0.4) is 0 Å². The zero-order valence-electron chi connectivity index (χ0n) is 9.40. The molecule has 1 saturated heterocycles. The maximum absolute atomic E-state index is 6.07. The minimum Gasteiger partial charge on any atom is -0.334 e. The molecule has 1 unspecified atom stereocenters. The van der Waals surface area contributed by atoms with Gasteiger partial charge in [0.25, 0.3) is 5.89 Å². The molecule has 0 saturated carbocycles. The van der Waals surface area contributed by atoms with Gasteiger partial charge in [0.15, 0.2) is 5.82 Å². The second-order valence-corrected chi connectivity index (χ2v) is 4.57. The van der Waals surface area contributed by atoms with E-state index < -0.39 is 0 Å². The molecule has 1 atom stereocenters. The van der Waals surface area contributed by atoms with E-state index in [0.29, 0.717) is 10.9 Å². The molecule has 0 spiro atoms. The third-order valence-corrected chi connectivity index (χ3v) is 3.48. The molecule has 0 amide bonds. The van der Waals surface area contributed by atoms with Gasteiger partial charge in [0.2, 0.25) is 0 Å². The summed E-state index contributed by atoms with van der Waals surface area (Å²) >= 11 is 6.07. The van der Waals surface area contributed by atoms with E-state index in [2.05, 4.69) is 15.5 Å². The van der Waals surface area contributed by atoms with Crippen LogP contribution in [0, 0.1) is 6.92 Å². The topological polar surface area (TPSA) is 51.0 Å². The highest BCUT2D eigenvalue weighted by molar-refractivity contribution is 6.31. The Labute approximate surface area is 104 Å². The number of rotatable bonds is 2. The first-order valence-corrected chi connectivity index (χ1v) is 5.96. The molecule has 1 N–H and O–H groups in total. The molecule has 2 heterocycles. The Bertz CT molecular complexity index is 548. The van der Waals surface area contributed by atoms with Crippen molar-refractivity contribution in [1.29, 1.82) is 0 Å².